The Labute approximate surface area is 140 Å². The van der Waals surface area contributed by atoms with E-state index in [2.05, 4.69) is 0 Å². The summed E-state index contributed by atoms with van der Waals surface area (Å²) in [6.07, 6.45) is -4.81. The molecule has 0 aliphatic heterocycles. The van der Waals surface area contributed by atoms with Gasteiger partial charge in [0.1, 0.15) is 17.1 Å². The molecule has 0 amide bonds. The van der Waals surface area contributed by atoms with Crippen molar-refractivity contribution in [3.8, 4) is 11.5 Å². The molecule has 8 heteroatoms. The van der Waals surface area contributed by atoms with Gasteiger partial charge in [-0.2, -0.15) is 13.2 Å². The molecular weight excluding hydrogens is 349 g/mol. The Balaban J connectivity index is 2.45. The Morgan fingerprint density at radius 3 is 1.92 bits per heavy atom. The van der Waals surface area contributed by atoms with Crippen molar-refractivity contribution in [3.63, 3.8) is 0 Å². The normalized spacial score (nSPS) is 12.3. The molecule has 0 unspecified atom stereocenters. The van der Waals surface area contributed by atoms with E-state index in [0.717, 1.165) is 6.07 Å². The van der Waals surface area contributed by atoms with Gasteiger partial charge < -0.3 is 20.1 Å². The molecule has 2 aromatic rings. The molecule has 0 aliphatic rings. The summed E-state index contributed by atoms with van der Waals surface area (Å²) in [7, 11) is 0. The molecule has 2 aromatic carbocycles. The number of benzene rings is 2. The maximum Gasteiger partial charge on any atom is 0.416 e. The highest BCUT2D eigenvalue weighted by molar-refractivity contribution is 6.30. The highest BCUT2D eigenvalue weighted by Crippen LogP contribution is 2.39. The highest BCUT2D eigenvalue weighted by atomic mass is 35.5. The van der Waals surface area contributed by atoms with Gasteiger partial charge >= 0.3 is 6.18 Å². The summed E-state index contributed by atoms with van der Waals surface area (Å²) in [5.41, 5.74) is -4.26. The molecule has 0 aliphatic carbocycles. The van der Waals surface area contributed by atoms with Gasteiger partial charge in [-0.1, -0.05) is 17.7 Å². The second-order valence-corrected chi connectivity index (χ2v) is 5.55. The zero-order valence-electron chi connectivity index (χ0n) is 12.2. The Morgan fingerprint density at radius 2 is 1.42 bits per heavy atom. The monoisotopic (exact) mass is 362 g/mol. The zero-order chi connectivity index (χ0) is 18.0. The Bertz CT molecular complexity index is 697. The van der Waals surface area contributed by atoms with Crippen LogP contribution in [0.15, 0.2) is 42.5 Å². The van der Waals surface area contributed by atoms with Crippen LogP contribution in [0.25, 0.3) is 0 Å². The summed E-state index contributed by atoms with van der Waals surface area (Å²) in [6, 6.07) is 8.87. The Hall–Kier alpha value is -1.80. The molecule has 4 nitrogen and oxygen atoms in total. The van der Waals surface area contributed by atoms with E-state index in [1.54, 1.807) is 0 Å². The topological polar surface area (TPSA) is 69.9 Å². The average Bonchev–Trinajstić information content (AvgIpc) is 2.55. The van der Waals surface area contributed by atoms with Crippen LogP contribution in [-0.4, -0.2) is 28.5 Å². The standard InChI is InChI=1S/C16H14ClF3O4/c17-10-1-3-11(4-2-10)24-12-5-6-13(15(23,8-21)9-22)14(7-12)16(18,19)20/h1-7,21-23H,8-9H2. The Morgan fingerprint density at radius 1 is 0.875 bits per heavy atom. The second kappa shape index (κ2) is 6.98. The van der Waals surface area contributed by atoms with Gasteiger partial charge in [-0.25, -0.2) is 0 Å². The summed E-state index contributed by atoms with van der Waals surface area (Å²) >= 11 is 5.72. The number of rotatable bonds is 5. The quantitative estimate of drug-likeness (QED) is 0.763. The molecule has 2 rings (SSSR count). The van der Waals surface area contributed by atoms with E-state index in [9.17, 15) is 18.3 Å². The lowest BCUT2D eigenvalue weighted by atomic mass is 9.90. The summed E-state index contributed by atoms with van der Waals surface area (Å²) in [6.45, 7) is -2.13. The molecule has 0 fully saturated rings. The van der Waals surface area contributed by atoms with Gasteiger partial charge in [0.25, 0.3) is 0 Å². The SMILES string of the molecule is OCC(O)(CO)c1ccc(Oc2ccc(Cl)cc2)cc1C(F)(F)F. The molecule has 130 valence electrons. The van der Waals surface area contributed by atoms with Crippen molar-refractivity contribution < 1.29 is 33.2 Å². The van der Waals surface area contributed by atoms with Gasteiger partial charge in [-0.15, -0.1) is 0 Å². The van der Waals surface area contributed by atoms with Crippen LogP contribution in [-0.2, 0) is 11.8 Å². The van der Waals surface area contributed by atoms with E-state index >= 15 is 0 Å². The first-order chi connectivity index (χ1) is 11.2. The van der Waals surface area contributed by atoms with E-state index in [-0.39, 0.29) is 11.5 Å². The van der Waals surface area contributed by atoms with Gasteiger partial charge in [-0.05, 0) is 36.4 Å². The number of aliphatic hydroxyl groups excluding tert-OH is 2. The summed E-state index contributed by atoms with van der Waals surface area (Å²) in [4.78, 5) is 0. The third-order valence-electron chi connectivity index (χ3n) is 3.37. The highest BCUT2D eigenvalue weighted by Gasteiger charge is 2.41. The predicted molar refractivity (Wildman–Crippen MR) is 81.0 cm³/mol. The second-order valence-electron chi connectivity index (χ2n) is 5.11. The van der Waals surface area contributed by atoms with Crippen LogP contribution in [0.3, 0.4) is 0 Å². The summed E-state index contributed by atoms with van der Waals surface area (Å²) in [5.74, 6) is 0.159. The van der Waals surface area contributed by atoms with Crippen LogP contribution in [0, 0.1) is 0 Å². The average molecular weight is 363 g/mol. The molecule has 0 aromatic heterocycles. The maximum absolute atomic E-state index is 13.3. The van der Waals surface area contributed by atoms with Gasteiger partial charge in [0.15, 0.2) is 0 Å². The predicted octanol–water partition coefficient (Wildman–Crippen LogP) is 3.32. The first-order valence-corrected chi connectivity index (χ1v) is 7.16. The summed E-state index contributed by atoms with van der Waals surface area (Å²) in [5, 5.41) is 28.7. The largest absolute Gasteiger partial charge is 0.457 e. The van der Waals surface area contributed by atoms with E-state index in [4.69, 9.17) is 26.6 Å². The molecule has 3 N–H and O–H groups in total. The van der Waals surface area contributed by atoms with Crippen molar-refractivity contribution in [3.05, 3.63) is 58.6 Å². The number of hydrogen-bond donors (Lipinski definition) is 3. The van der Waals surface area contributed by atoms with Crippen LogP contribution < -0.4 is 4.74 Å². The lowest BCUT2D eigenvalue weighted by molar-refractivity contribution is -0.143. The van der Waals surface area contributed by atoms with Crippen molar-refractivity contribution in [1.29, 1.82) is 0 Å². The minimum atomic E-state index is -4.81. The van der Waals surface area contributed by atoms with Gasteiger partial charge in [-0.3, -0.25) is 0 Å². The van der Waals surface area contributed by atoms with Crippen LogP contribution >= 0.6 is 11.6 Å². The van der Waals surface area contributed by atoms with Gasteiger partial charge in [0.05, 0.1) is 18.8 Å². The van der Waals surface area contributed by atoms with Crippen LogP contribution in [0.4, 0.5) is 13.2 Å². The number of halogens is 4. The molecule has 24 heavy (non-hydrogen) atoms. The smallest absolute Gasteiger partial charge is 0.416 e. The van der Waals surface area contributed by atoms with Crippen molar-refractivity contribution in [2.45, 2.75) is 11.8 Å². The first-order valence-electron chi connectivity index (χ1n) is 6.79. The van der Waals surface area contributed by atoms with Crippen molar-refractivity contribution in [1.82, 2.24) is 0 Å². The van der Waals surface area contributed by atoms with E-state index in [1.165, 1.54) is 30.3 Å². The van der Waals surface area contributed by atoms with Crippen LogP contribution in [0.1, 0.15) is 11.1 Å². The fraction of sp³-hybridized carbons (Fsp3) is 0.250. The van der Waals surface area contributed by atoms with E-state index in [1.807, 2.05) is 0 Å². The van der Waals surface area contributed by atoms with Gasteiger partial charge in [0, 0.05) is 10.6 Å². The van der Waals surface area contributed by atoms with Crippen molar-refractivity contribution in [2.24, 2.45) is 0 Å². The number of alkyl halides is 3. The van der Waals surface area contributed by atoms with Crippen molar-refractivity contribution in [2.75, 3.05) is 13.2 Å². The number of hydrogen-bond acceptors (Lipinski definition) is 4. The van der Waals surface area contributed by atoms with Gasteiger partial charge in [0.2, 0.25) is 0 Å². The first kappa shape index (κ1) is 18.5. The third-order valence-corrected chi connectivity index (χ3v) is 3.62. The zero-order valence-corrected chi connectivity index (χ0v) is 13.0. The summed E-state index contributed by atoms with van der Waals surface area (Å²) < 4.78 is 45.2. The van der Waals surface area contributed by atoms with E-state index < -0.39 is 36.1 Å². The number of aliphatic hydroxyl groups is 3. The Kier molecular flexibility index (Phi) is 5.39. The maximum atomic E-state index is 13.3. The van der Waals surface area contributed by atoms with Crippen molar-refractivity contribution >= 4 is 11.6 Å². The molecule has 0 bridgehead atoms. The van der Waals surface area contributed by atoms with E-state index in [0.29, 0.717) is 11.1 Å². The molecule has 0 radical (unpaired) electrons. The fourth-order valence-electron chi connectivity index (χ4n) is 2.09. The lowest BCUT2D eigenvalue weighted by Crippen LogP contribution is -2.36. The van der Waals surface area contributed by atoms with Crippen LogP contribution in [0.5, 0.6) is 11.5 Å². The molecule has 0 saturated carbocycles. The minimum absolute atomic E-state index is 0.119. The molecular formula is C16H14ClF3O4. The lowest BCUT2D eigenvalue weighted by Gasteiger charge is -2.27. The molecule has 0 spiro atoms. The van der Waals surface area contributed by atoms with Crippen LogP contribution in [0.2, 0.25) is 5.02 Å². The fourth-order valence-corrected chi connectivity index (χ4v) is 2.21. The molecule has 0 heterocycles. The third kappa shape index (κ3) is 3.99. The minimum Gasteiger partial charge on any atom is -0.457 e. The molecule has 0 saturated heterocycles. The number of ether oxygens (including phenoxy) is 1. The molecule has 0 atom stereocenters.